The van der Waals surface area contributed by atoms with E-state index in [1.807, 2.05) is 0 Å². The Hall–Kier alpha value is 0.510. The molecule has 0 bridgehead atoms. The molecule has 0 heterocycles. The molecule has 0 aromatic heterocycles. The number of carboxylic acid groups (broad SMARTS) is 1. The van der Waals surface area contributed by atoms with E-state index >= 15 is 0 Å². The Bertz CT molecular complexity index is 629. The van der Waals surface area contributed by atoms with Crippen LogP contribution in [0.1, 0.15) is 10.4 Å². The fraction of sp³-hybridized carbons (Fsp3) is 0. The van der Waals surface area contributed by atoms with Gasteiger partial charge in [-0.25, -0.2) is 4.79 Å². The molecule has 96 valence electrons. The van der Waals surface area contributed by atoms with Crippen LogP contribution in [0.5, 0.6) is 0 Å². The molecule has 1 aromatic carbocycles. The first-order valence-corrected chi connectivity index (χ1v) is 6.73. The minimum absolute atomic E-state index is 0. The van der Waals surface area contributed by atoms with E-state index < -0.39 is 41.6 Å². The van der Waals surface area contributed by atoms with E-state index in [9.17, 15) is 21.6 Å². The average Bonchev–Trinajstić information content (AvgIpc) is 2.14. The minimum atomic E-state index is -4.78. The van der Waals surface area contributed by atoms with Crippen LogP contribution in [0.3, 0.4) is 0 Å². The van der Waals surface area contributed by atoms with Crippen LogP contribution >= 0.6 is 0 Å². The van der Waals surface area contributed by atoms with Crippen LogP contribution < -0.4 is 0 Å². The van der Waals surface area contributed by atoms with E-state index in [4.69, 9.17) is 14.2 Å². The molecule has 0 spiro atoms. The molecule has 0 unspecified atom stereocenters. The van der Waals surface area contributed by atoms with Crippen LogP contribution in [0.4, 0.5) is 0 Å². The van der Waals surface area contributed by atoms with E-state index in [1.54, 1.807) is 0 Å². The Kier molecular flexibility index (Phi) is 8.60. The summed E-state index contributed by atoms with van der Waals surface area (Å²) in [7, 11) is -9.56. The van der Waals surface area contributed by atoms with Crippen molar-refractivity contribution in [2.75, 3.05) is 0 Å². The van der Waals surface area contributed by atoms with Crippen molar-refractivity contribution in [3.8, 4) is 0 Å². The third-order valence-electron chi connectivity index (χ3n) is 1.72. The topological polar surface area (TPSA) is 146 Å². The van der Waals surface area contributed by atoms with E-state index in [0.29, 0.717) is 18.2 Å². The van der Waals surface area contributed by atoms with Crippen LogP contribution in [0.2, 0.25) is 0 Å². The second-order valence-electron chi connectivity index (χ2n) is 2.95. The SMILES string of the molecule is O=C(O)c1cc(S(=O)(=O)O)cc(S(=O)(=O)O)c1.[Na].[Na]. The van der Waals surface area contributed by atoms with E-state index in [1.165, 1.54) is 0 Å². The number of carboxylic acids is 1. The zero-order chi connectivity index (χ0) is 13.4. The maximum absolute atomic E-state index is 10.8. The maximum atomic E-state index is 10.8. The van der Waals surface area contributed by atoms with Gasteiger partial charge in [-0.3, -0.25) is 9.11 Å². The molecular weight excluding hydrogens is 322 g/mol. The molecule has 0 aliphatic heterocycles. The molecule has 8 nitrogen and oxygen atoms in total. The monoisotopic (exact) mass is 328 g/mol. The zero-order valence-corrected chi connectivity index (χ0v) is 15.6. The van der Waals surface area contributed by atoms with Gasteiger partial charge in [-0.1, -0.05) is 0 Å². The van der Waals surface area contributed by atoms with Gasteiger partial charge in [0, 0.05) is 59.1 Å². The molecule has 1 aromatic rings. The van der Waals surface area contributed by atoms with Gasteiger partial charge in [-0.05, 0) is 18.2 Å². The molecule has 0 amide bonds. The van der Waals surface area contributed by atoms with Crippen LogP contribution in [0, 0.1) is 0 Å². The predicted octanol–water partition coefficient (Wildman–Crippen LogP) is -0.883. The summed E-state index contributed by atoms with van der Waals surface area (Å²) in [4.78, 5) is 8.73. The average molecular weight is 328 g/mol. The molecule has 0 saturated carbocycles. The van der Waals surface area contributed by atoms with Crippen molar-refractivity contribution < 1.29 is 35.8 Å². The Morgan fingerprint density at radius 2 is 1.16 bits per heavy atom. The van der Waals surface area contributed by atoms with Crippen molar-refractivity contribution in [3.05, 3.63) is 23.8 Å². The van der Waals surface area contributed by atoms with Gasteiger partial charge in [0.1, 0.15) is 0 Å². The van der Waals surface area contributed by atoms with Crippen LogP contribution in [0.25, 0.3) is 0 Å². The first kappa shape index (κ1) is 21.8. The van der Waals surface area contributed by atoms with E-state index in [2.05, 4.69) is 0 Å². The summed E-state index contributed by atoms with van der Waals surface area (Å²) in [5.74, 6) is -1.61. The number of carbonyl (C=O) groups is 1. The van der Waals surface area contributed by atoms with Crippen molar-refractivity contribution in [1.29, 1.82) is 0 Å². The standard InChI is InChI=1S/C7H6O8S2.2Na/c8-7(9)4-1-5(16(10,11)12)3-6(2-4)17(13,14)15;;/h1-3H,(H,8,9)(H,10,11,12)(H,13,14,15);;. The zero-order valence-electron chi connectivity index (χ0n) is 9.93. The van der Waals surface area contributed by atoms with Gasteiger partial charge in [0.25, 0.3) is 20.2 Å². The molecular formula is C7H6Na2O8S2. The molecule has 0 aliphatic carbocycles. The second kappa shape index (κ2) is 7.50. The molecule has 0 fully saturated rings. The number of hydrogen-bond acceptors (Lipinski definition) is 5. The predicted molar refractivity (Wildman–Crippen MR) is 64.5 cm³/mol. The van der Waals surface area contributed by atoms with Crippen molar-refractivity contribution in [2.24, 2.45) is 0 Å². The van der Waals surface area contributed by atoms with Gasteiger partial charge in [-0.2, -0.15) is 16.8 Å². The number of aromatic carboxylic acids is 1. The Morgan fingerprint density at radius 1 is 0.842 bits per heavy atom. The third kappa shape index (κ3) is 6.21. The first-order chi connectivity index (χ1) is 7.51. The Labute approximate surface area is 153 Å². The fourth-order valence-corrected chi connectivity index (χ4v) is 2.17. The number of benzene rings is 1. The normalized spacial score (nSPS) is 11.1. The second-order valence-corrected chi connectivity index (χ2v) is 5.79. The summed E-state index contributed by atoms with van der Waals surface area (Å²) < 4.78 is 60.5. The van der Waals surface area contributed by atoms with Gasteiger partial charge in [-0.15, -0.1) is 0 Å². The molecule has 19 heavy (non-hydrogen) atoms. The smallest absolute Gasteiger partial charge is 0.335 e. The van der Waals surface area contributed by atoms with Gasteiger partial charge in [0.2, 0.25) is 0 Å². The molecule has 2 radical (unpaired) electrons. The van der Waals surface area contributed by atoms with Crippen LogP contribution in [0.15, 0.2) is 28.0 Å². The largest absolute Gasteiger partial charge is 0.478 e. The van der Waals surface area contributed by atoms with Crippen molar-refractivity contribution >= 4 is 85.3 Å². The molecule has 1 rings (SSSR count). The van der Waals surface area contributed by atoms with Crippen molar-refractivity contribution in [2.45, 2.75) is 9.79 Å². The van der Waals surface area contributed by atoms with E-state index in [-0.39, 0.29) is 59.1 Å². The summed E-state index contributed by atoms with van der Waals surface area (Å²) in [5.41, 5.74) is -0.701. The Balaban J connectivity index is 0. The molecule has 0 saturated heterocycles. The quantitative estimate of drug-likeness (QED) is 0.479. The van der Waals surface area contributed by atoms with Crippen LogP contribution in [-0.2, 0) is 20.2 Å². The molecule has 0 atom stereocenters. The number of hydrogen-bond donors (Lipinski definition) is 3. The summed E-state index contributed by atoms with van der Waals surface area (Å²) in [6, 6.07) is 1.57. The van der Waals surface area contributed by atoms with Crippen molar-refractivity contribution in [3.63, 3.8) is 0 Å². The van der Waals surface area contributed by atoms with E-state index in [0.717, 1.165) is 0 Å². The van der Waals surface area contributed by atoms with Gasteiger partial charge < -0.3 is 5.11 Å². The molecule has 0 aliphatic rings. The summed E-state index contributed by atoms with van der Waals surface area (Å²) in [6.45, 7) is 0. The number of rotatable bonds is 3. The van der Waals surface area contributed by atoms with Crippen LogP contribution in [-0.4, -0.2) is 96.1 Å². The Morgan fingerprint density at radius 3 is 1.37 bits per heavy atom. The summed E-state index contributed by atoms with van der Waals surface area (Å²) in [5, 5.41) is 8.61. The summed E-state index contributed by atoms with van der Waals surface area (Å²) in [6.07, 6.45) is 0. The maximum Gasteiger partial charge on any atom is 0.335 e. The van der Waals surface area contributed by atoms with Gasteiger partial charge >= 0.3 is 5.97 Å². The summed E-state index contributed by atoms with van der Waals surface area (Å²) >= 11 is 0. The fourth-order valence-electron chi connectivity index (χ4n) is 0.993. The third-order valence-corrected chi connectivity index (χ3v) is 3.39. The minimum Gasteiger partial charge on any atom is -0.478 e. The van der Waals surface area contributed by atoms with Gasteiger partial charge in [0.05, 0.1) is 15.4 Å². The first-order valence-electron chi connectivity index (χ1n) is 3.85. The molecule has 12 heteroatoms. The van der Waals surface area contributed by atoms with Crippen molar-refractivity contribution in [1.82, 2.24) is 0 Å². The molecule has 3 N–H and O–H groups in total. The van der Waals surface area contributed by atoms with Gasteiger partial charge in [0.15, 0.2) is 0 Å².